The zero-order valence-electron chi connectivity index (χ0n) is 37.1. The molecule has 1 aliphatic carbocycles. The number of ether oxygens (including phenoxy) is 2. The van der Waals surface area contributed by atoms with Gasteiger partial charge in [-0.1, -0.05) is 24.3 Å². The van der Waals surface area contributed by atoms with E-state index in [2.05, 4.69) is 41.9 Å². The number of H-pyrrole nitrogens is 1. The molecule has 3 aromatic carbocycles. The van der Waals surface area contributed by atoms with E-state index in [4.69, 9.17) is 9.47 Å². The van der Waals surface area contributed by atoms with Crippen molar-refractivity contribution in [3.05, 3.63) is 83.4 Å². The fourth-order valence-corrected chi connectivity index (χ4v) is 7.70. The summed E-state index contributed by atoms with van der Waals surface area (Å²) in [5, 5.41) is 25.3. The molecule has 2 fully saturated rings. The molecule has 1 atom stereocenters. The van der Waals surface area contributed by atoms with E-state index < -0.39 is 58.4 Å². The van der Waals surface area contributed by atoms with Gasteiger partial charge in [0.2, 0.25) is 17.6 Å². The number of carbonyl (C=O) groups excluding carboxylic acids is 5. The first-order valence-electron chi connectivity index (χ1n) is 21.6. The quantitative estimate of drug-likeness (QED) is 0.0990. The number of nitrogens with zero attached hydrogens (tertiary/aromatic N) is 4. The minimum absolute atomic E-state index is 0.104. The van der Waals surface area contributed by atoms with Crippen molar-refractivity contribution in [2.24, 2.45) is 11.8 Å². The van der Waals surface area contributed by atoms with E-state index in [0.29, 0.717) is 86.4 Å². The summed E-state index contributed by atoms with van der Waals surface area (Å²) in [6.07, 6.45) is 2.55. The van der Waals surface area contributed by atoms with E-state index in [1.807, 2.05) is 0 Å². The second-order valence-corrected chi connectivity index (χ2v) is 18.4. The molecule has 4 aromatic rings. The molecule has 342 valence electrons. The van der Waals surface area contributed by atoms with Gasteiger partial charge in [0.05, 0.1) is 0 Å². The smallest absolute Gasteiger partial charge is 0.410 e. The zero-order chi connectivity index (χ0) is 46.2. The van der Waals surface area contributed by atoms with Crippen LogP contribution in [0.15, 0.2) is 60.7 Å². The molecule has 0 spiro atoms. The van der Waals surface area contributed by atoms with Crippen molar-refractivity contribution in [2.45, 2.75) is 110 Å². The maximum atomic E-state index is 15.5. The number of benzene rings is 3. The molecular formula is C46H57F2N9O7. The highest BCUT2D eigenvalue weighted by Gasteiger charge is 2.32. The van der Waals surface area contributed by atoms with Crippen LogP contribution < -0.4 is 21.3 Å². The predicted molar refractivity (Wildman–Crippen MR) is 234 cm³/mol. The Morgan fingerprint density at radius 3 is 1.98 bits per heavy atom. The first kappa shape index (κ1) is 47.0. The van der Waals surface area contributed by atoms with Gasteiger partial charge in [0.1, 0.15) is 34.4 Å². The number of likely N-dealkylation sites (tertiary alicyclic amines) is 1. The fraction of sp³-hybridized carbons (Fsp3) is 0.478. The van der Waals surface area contributed by atoms with Crippen LogP contribution in [0.5, 0.6) is 0 Å². The molecule has 5 amide bonds. The maximum absolute atomic E-state index is 15.5. The van der Waals surface area contributed by atoms with E-state index in [-0.39, 0.29) is 35.8 Å². The van der Waals surface area contributed by atoms with Crippen molar-refractivity contribution in [1.29, 1.82) is 0 Å². The highest BCUT2D eigenvalue weighted by atomic mass is 19.1. The fourth-order valence-electron chi connectivity index (χ4n) is 7.70. The number of hydrogen-bond acceptors (Lipinski definition) is 10. The predicted octanol–water partition coefficient (Wildman–Crippen LogP) is 6.94. The topological polar surface area (TPSA) is 210 Å². The lowest BCUT2D eigenvalue weighted by Gasteiger charge is -2.33. The normalized spacial score (nSPS) is 17.5. The molecule has 6 rings (SSSR count). The van der Waals surface area contributed by atoms with Gasteiger partial charge >= 0.3 is 12.2 Å². The maximum Gasteiger partial charge on any atom is 0.410 e. The summed E-state index contributed by atoms with van der Waals surface area (Å²) in [6, 6.07) is 14.4. The summed E-state index contributed by atoms with van der Waals surface area (Å²) in [5.41, 5.74) is 0.546. The van der Waals surface area contributed by atoms with Crippen molar-refractivity contribution in [2.75, 3.05) is 25.0 Å². The zero-order valence-corrected chi connectivity index (χ0v) is 37.1. The summed E-state index contributed by atoms with van der Waals surface area (Å²) in [7, 11) is 0. The van der Waals surface area contributed by atoms with Crippen LogP contribution in [0.25, 0.3) is 22.5 Å². The van der Waals surface area contributed by atoms with Crippen molar-refractivity contribution in [3.8, 4) is 22.5 Å². The number of aromatic nitrogens is 4. The minimum Gasteiger partial charge on any atom is -0.444 e. The SMILES string of the molecule is CC(C)(C)OC(=O)NCC1CCC(C(=O)NC(Cc2ccc(-c3cc(F)c(C(=O)NC4CCN(C(=O)OC(C)(C)C)CC4)c(F)c3)cc2)C(=O)Nc2ccc(-c3nn[nH]n3)cc2)CC1. The Bertz CT molecular complexity index is 2240. The van der Waals surface area contributed by atoms with Gasteiger partial charge in [-0.2, -0.15) is 5.21 Å². The monoisotopic (exact) mass is 885 g/mol. The van der Waals surface area contributed by atoms with Crippen LogP contribution in [0.4, 0.5) is 24.1 Å². The van der Waals surface area contributed by atoms with Crippen LogP contribution in [-0.4, -0.2) is 98.4 Å². The van der Waals surface area contributed by atoms with Crippen LogP contribution >= 0.6 is 0 Å². The third-order valence-corrected chi connectivity index (χ3v) is 11.0. The van der Waals surface area contributed by atoms with Crippen LogP contribution in [0.2, 0.25) is 0 Å². The molecule has 2 aliphatic rings. The number of amides is 5. The number of carbonyl (C=O) groups is 5. The molecule has 1 aliphatic heterocycles. The number of nitrogens with one attached hydrogen (secondary N) is 5. The summed E-state index contributed by atoms with van der Waals surface area (Å²) in [6.45, 7) is 11.8. The lowest BCUT2D eigenvalue weighted by Crippen LogP contribution is -2.48. The van der Waals surface area contributed by atoms with Crippen LogP contribution in [0.3, 0.4) is 0 Å². The number of aromatic amines is 1. The first-order valence-corrected chi connectivity index (χ1v) is 21.6. The number of anilines is 1. The van der Waals surface area contributed by atoms with E-state index in [9.17, 15) is 24.0 Å². The highest BCUT2D eigenvalue weighted by Crippen LogP contribution is 2.30. The van der Waals surface area contributed by atoms with Gasteiger partial charge in [0.15, 0.2) is 0 Å². The molecule has 1 unspecified atom stereocenters. The standard InChI is InChI=1S/C46H57F2N9O7/c1-45(2,3)63-43(61)49-26-28-9-13-31(14-10-28)40(58)52-37(41(59)50-33-17-15-30(16-18-33)39-53-55-56-54-39)23-27-7-11-29(12-8-27)32-24-35(47)38(36(48)25-32)42(60)51-34-19-21-57(22-20-34)44(62)64-46(4,5)6/h7-8,11-12,15-18,24-25,28,31,34,37H,9-10,13-14,19-23,26H2,1-6H3,(H,49,61)(H,50,59)(H,51,60)(H,52,58)(H,53,54,55,56). The molecule has 16 nitrogen and oxygen atoms in total. The van der Waals surface area contributed by atoms with Crippen LogP contribution in [0, 0.1) is 23.5 Å². The molecule has 1 aromatic heterocycles. The van der Waals surface area contributed by atoms with Gasteiger partial charge in [-0.15, -0.1) is 10.2 Å². The number of halogens is 2. The van der Waals surface area contributed by atoms with E-state index >= 15 is 8.78 Å². The number of hydrogen-bond donors (Lipinski definition) is 5. The first-order chi connectivity index (χ1) is 30.3. The van der Waals surface area contributed by atoms with Crippen molar-refractivity contribution < 1.29 is 42.2 Å². The van der Waals surface area contributed by atoms with Crippen molar-refractivity contribution >= 4 is 35.6 Å². The van der Waals surface area contributed by atoms with E-state index in [0.717, 1.165) is 12.1 Å². The van der Waals surface area contributed by atoms with Crippen molar-refractivity contribution in [1.82, 2.24) is 41.5 Å². The van der Waals surface area contributed by atoms with Gasteiger partial charge in [-0.3, -0.25) is 14.4 Å². The van der Waals surface area contributed by atoms with E-state index in [1.165, 1.54) is 0 Å². The number of tetrazole rings is 1. The van der Waals surface area contributed by atoms with Gasteiger partial charge in [0, 0.05) is 49.3 Å². The molecule has 1 saturated heterocycles. The lowest BCUT2D eigenvalue weighted by molar-refractivity contribution is -0.130. The minimum atomic E-state index is -1.03. The molecule has 5 N–H and O–H groups in total. The largest absolute Gasteiger partial charge is 0.444 e. The molecule has 1 saturated carbocycles. The Labute approximate surface area is 371 Å². The summed E-state index contributed by atoms with van der Waals surface area (Å²) in [5.74, 6) is -3.42. The van der Waals surface area contributed by atoms with E-state index in [1.54, 1.807) is 95.0 Å². The summed E-state index contributed by atoms with van der Waals surface area (Å²) >= 11 is 0. The Hall–Kier alpha value is -6.46. The van der Waals surface area contributed by atoms with Crippen LogP contribution in [-0.2, 0) is 25.5 Å². The summed E-state index contributed by atoms with van der Waals surface area (Å²) in [4.78, 5) is 66.8. The molecule has 2 heterocycles. The van der Waals surface area contributed by atoms with Gasteiger partial charge in [-0.05, 0) is 144 Å². The summed E-state index contributed by atoms with van der Waals surface area (Å²) < 4.78 is 41.7. The lowest BCUT2D eigenvalue weighted by atomic mass is 9.81. The third-order valence-electron chi connectivity index (χ3n) is 11.0. The molecular weight excluding hydrogens is 829 g/mol. The van der Waals surface area contributed by atoms with Crippen LogP contribution in [0.1, 0.15) is 96.0 Å². The van der Waals surface area contributed by atoms with Gasteiger partial charge in [-0.25, -0.2) is 18.4 Å². The van der Waals surface area contributed by atoms with Gasteiger partial charge < -0.3 is 35.6 Å². The molecule has 18 heteroatoms. The third kappa shape index (κ3) is 13.3. The number of alkyl carbamates (subject to hydrolysis) is 1. The molecule has 0 bridgehead atoms. The Morgan fingerprint density at radius 2 is 1.41 bits per heavy atom. The Kier molecular flexibility index (Phi) is 15.0. The number of rotatable bonds is 12. The second-order valence-electron chi connectivity index (χ2n) is 18.4. The van der Waals surface area contributed by atoms with Gasteiger partial charge in [0.25, 0.3) is 5.91 Å². The van der Waals surface area contributed by atoms with Crippen molar-refractivity contribution in [3.63, 3.8) is 0 Å². The Morgan fingerprint density at radius 1 is 0.797 bits per heavy atom. The Balaban J connectivity index is 1.09. The average Bonchev–Trinajstić information content (AvgIpc) is 3.78. The average molecular weight is 886 g/mol. The molecule has 0 radical (unpaired) electrons. The molecule has 64 heavy (non-hydrogen) atoms. The number of piperidine rings is 1. The highest BCUT2D eigenvalue weighted by molar-refractivity contribution is 5.98. The second kappa shape index (κ2) is 20.4.